The zero-order valence-electron chi connectivity index (χ0n) is 13.7. The number of rotatable bonds is 9. The van der Waals surface area contributed by atoms with Crippen molar-refractivity contribution in [2.75, 3.05) is 0 Å². The van der Waals surface area contributed by atoms with Crippen LogP contribution >= 0.6 is 0 Å². The maximum absolute atomic E-state index is 10.8. The zero-order valence-corrected chi connectivity index (χ0v) is 13.7. The van der Waals surface area contributed by atoms with Crippen LogP contribution in [0.2, 0.25) is 0 Å². The molecule has 4 heteroatoms. The molecule has 0 saturated carbocycles. The lowest BCUT2D eigenvalue weighted by Crippen LogP contribution is -1.98. The van der Waals surface area contributed by atoms with Gasteiger partial charge in [0.1, 0.15) is 0 Å². The second-order valence-corrected chi connectivity index (χ2v) is 5.38. The predicted molar refractivity (Wildman–Crippen MR) is 88.6 cm³/mol. The average Bonchev–Trinajstić information content (AvgIpc) is 2.51. The molecule has 4 nitrogen and oxygen atoms in total. The standard InChI is InChI=1S/C18H24N2O2/c1-4-7-10-16-17(19-12-21)14(8-5-2)11-15(9-6-3)18(16)20-13-22/h11H,4-10H2,1-3H3. The van der Waals surface area contributed by atoms with Gasteiger partial charge in [-0.1, -0.05) is 46.1 Å². The third kappa shape index (κ3) is 4.49. The summed E-state index contributed by atoms with van der Waals surface area (Å²) in [6.45, 7) is 6.29. The van der Waals surface area contributed by atoms with E-state index in [0.717, 1.165) is 61.6 Å². The molecule has 1 rings (SSSR count). The summed E-state index contributed by atoms with van der Waals surface area (Å²) in [5.74, 6) is 0. The Morgan fingerprint density at radius 1 is 0.818 bits per heavy atom. The van der Waals surface area contributed by atoms with Crippen LogP contribution in [-0.2, 0) is 28.9 Å². The van der Waals surface area contributed by atoms with E-state index >= 15 is 0 Å². The lowest BCUT2D eigenvalue weighted by Gasteiger charge is -2.16. The van der Waals surface area contributed by atoms with Crippen LogP contribution in [0.1, 0.15) is 63.1 Å². The van der Waals surface area contributed by atoms with E-state index in [1.54, 1.807) is 12.2 Å². The van der Waals surface area contributed by atoms with Gasteiger partial charge in [0.15, 0.2) is 0 Å². The molecule has 0 atom stereocenters. The van der Waals surface area contributed by atoms with Crippen LogP contribution in [0.4, 0.5) is 11.4 Å². The van der Waals surface area contributed by atoms with Gasteiger partial charge in [-0.05, 0) is 36.8 Å². The Bertz CT molecular complexity index is 549. The molecule has 22 heavy (non-hydrogen) atoms. The van der Waals surface area contributed by atoms with Crippen molar-refractivity contribution in [3.05, 3.63) is 22.8 Å². The highest BCUT2D eigenvalue weighted by Crippen LogP contribution is 2.38. The maximum atomic E-state index is 10.8. The number of aliphatic imine (C=N–C) groups is 2. The van der Waals surface area contributed by atoms with Crippen molar-refractivity contribution in [2.24, 2.45) is 9.98 Å². The van der Waals surface area contributed by atoms with Gasteiger partial charge in [0.2, 0.25) is 12.2 Å². The fraction of sp³-hybridized carbons (Fsp3) is 0.556. The molecule has 0 aliphatic heterocycles. The van der Waals surface area contributed by atoms with Gasteiger partial charge in [-0.3, -0.25) is 0 Å². The van der Waals surface area contributed by atoms with E-state index in [9.17, 15) is 9.59 Å². The largest absolute Gasteiger partial charge is 0.240 e. The molecule has 1 aromatic rings. The van der Waals surface area contributed by atoms with E-state index in [4.69, 9.17) is 0 Å². The number of hydrogen-bond acceptors (Lipinski definition) is 4. The van der Waals surface area contributed by atoms with Gasteiger partial charge in [0, 0.05) is 5.56 Å². The molecule has 0 radical (unpaired) electrons. The lowest BCUT2D eigenvalue weighted by molar-refractivity contribution is 0.564. The number of nitrogens with zero attached hydrogens (tertiary/aromatic N) is 2. The summed E-state index contributed by atoms with van der Waals surface area (Å²) in [6.07, 6.45) is 9.69. The monoisotopic (exact) mass is 300 g/mol. The highest BCUT2D eigenvalue weighted by Gasteiger charge is 2.17. The summed E-state index contributed by atoms with van der Waals surface area (Å²) in [7, 11) is 0. The van der Waals surface area contributed by atoms with E-state index < -0.39 is 0 Å². The molecule has 0 heterocycles. The number of isocyanates is 2. The second-order valence-electron chi connectivity index (χ2n) is 5.38. The molecular weight excluding hydrogens is 276 g/mol. The predicted octanol–water partition coefficient (Wildman–Crippen LogP) is 4.87. The van der Waals surface area contributed by atoms with Crippen molar-refractivity contribution in [3.63, 3.8) is 0 Å². The molecule has 0 saturated heterocycles. The van der Waals surface area contributed by atoms with Crippen LogP contribution in [0.25, 0.3) is 0 Å². The van der Waals surface area contributed by atoms with E-state index in [1.807, 2.05) is 6.07 Å². The minimum absolute atomic E-state index is 0.652. The Morgan fingerprint density at radius 3 is 1.68 bits per heavy atom. The summed E-state index contributed by atoms with van der Waals surface area (Å²) in [5.41, 5.74) is 4.29. The van der Waals surface area contributed by atoms with Crippen LogP contribution in [0.5, 0.6) is 0 Å². The first-order valence-corrected chi connectivity index (χ1v) is 8.06. The first-order chi connectivity index (χ1) is 10.7. The highest BCUT2D eigenvalue weighted by atomic mass is 16.1. The summed E-state index contributed by atoms with van der Waals surface area (Å²) >= 11 is 0. The number of aryl methyl sites for hydroxylation is 2. The second kappa shape index (κ2) is 9.83. The van der Waals surface area contributed by atoms with Crippen LogP contribution in [0.3, 0.4) is 0 Å². The quantitative estimate of drug-likeness (QED) is 0.482. The normalized spacial score (nSPS) is 9.95. The maximum Gasteiger partial charge on any atom is 0.240 e. The molecule has 0 aromatic heterocycles. The van der Waals surface area contributed by atoms with Gasteiger partial charge in [-0.15, -0.1) is 0 Å². The summed E-state index contributed by atoms with van der Waals surface area (Å²) in [6, 6.07) is 2.04. The fourth-order valence-electron chi connectivity index (χ4n) is 2.73. The van der Waals surface area contributed by atoms with Crippen molar-refractivity contribution in [3.8, 4) is 0 Å². The van der Waals surface area contributed by atoms with Gasteiger partial charge in [0.05, 0.1) is 11.4 Å². The van der Waals surface area contributed by atoms with Crippen LogP contribution in [-0.4, -0.2) is 12.2 Å². The van der Waals surface area contributed by atoms with Crippen LogP contribution < -0.4 is 0 Å². The van der Waals surface area contributed by atoms with Crippen molar-refractivity contribution in [1.29, 1.82) is 0 Å². The molecule has 0 N–H and O–H groups in total. The molecule has 0 bridgehead atoms. The Labute approximate surface area is 132 Å². The average molecular weight is 300 g/mol. The molecule has 118 valence electrons. The molecule has 0 spiro atoms. The topological polar surface area (TPSA) is 58.9 Å². The number of hydrogen-bond donors (Lipinski definition) is 0. The van der Waals surface area contributed by atoms with Crippen molar-refractivity contribution in [2.45, 2.75) is 65.7 Å². The molecule has 0 aliphatic rings. The fourth-order valence-corrected chi connectivity index (χ4v) is 2.73. The van der Waals surface area contributed by atoms with Crippen molar-refractivity contribution >= 4 is 23.5 Å². The van der Waals surface area contributed by atoms with Gasteiger partial charge in [-0.25, -0.2) is 9.59 Å². The van der Waals surface area contributed by atoms with E-state index in [2.05, 4.69) is 30.8 Å². The Balaban J connectivity index is 3.64. The highest BCUT2D eigenvalue weighted by molar-refractivity contribution is 5.72. The molecule has 0 unspecified atom stereocenters. The molecular formula is C18H24N2O2. The van der Waals surface area contributed by atoms with Gasteiger partial charge in [-0.2, -0.15) is 9.98 Å². The van der Waals surface area contributed by atoms with Crippen LogP contribution in [0.15, 0.2) is 16.1 Å². The Morgan fingerprint density at radius 2 is 1.32 bits per heavy atom. The Kier molecular flexibility index (Phi) is 8.06. The number of carbonyl (C=O) groups excluding carboxylic acids is 2. The molecule has 0 aliphatic carbocycles. The first-order valence-electron chi connectivity index (χ1n) is 8.06. The summed E-state index contributed by atoms with van der Waals surface area (Å²) in [4.78, 5) is 29.5. The molecule has 0 amide bonds. The summed E-state index contributed by atoms with van der Waals surface area (Å²) in [5, 5.41) is 0. The van der Waals surface area contributed by atoms with Gasteiger partial charge in [0.25, 0.3) is 0 Å². The zero-order chi connectivity index (χ0) is 16.4. The molecule has 0 fully saturated rings. The van der Waals surface area contributed by atoms with Gasteiger partial charge >= 0.3 is 0 Å². The smallest absolute Gasteiger partial charge is 0.211 e. The van der Waals surface area contributed by atoms with E-state index in [0.29, 0.717) is 11.4 Å². The Hall–Kier alpha value is -2.02. The number of unbranched alkanes of at least 4 members (excludes halogenated alkanes) is 1. The molecule has 1 aromatic carbocycles. The number of benzene rings is 1. The van der Waals surface area contributed by atoms with Gasteiger partial charge < -0.3 is 0 Å². The van der Waals surface area contributed by atoms with Crippen molar-refractivity contribution in [1.82, 2.24) is 0 Å². The minimum atomic E-state index is 0.652. The van der Waals surface area contributed by atoms with Crippen LogP contribution in [0, 0.1) is 0 Å². The summed E-state index contributed by atoms with van der Waals surface area (Å²) < 4.78 is 0. The van der Waals surface area contributed by atoms with Crippen molar-refractivity contribution < 1.29 is 9.59 Å². The third-order valence-electron chi connectivity index (χ3n) is 3.66. The third-order valence-corrected chi connectivity index (χ3v) is 3.66. The van der Waals surface area contributed by atoms with E-state index in [-0.39, 0.29) is 0 Å². The minimum Gasteiger partial charge on any atom is -0.211 e. The SMILES string of the molecule is CCCCc1c(N=C=O)c(CCC)cc(CCC)c1N=C=O. The van der Waals surface area contributed by atoms with E-state index in [1.165, 1.54) is 0 Å². The first kappa shape index (κ1) is 18.0. The lowest BCUT2D eigenvalue weighted by atomic mass is 9.92.